The highest BCUT2D eigenvalue weighted by atomic mass is 15.5. The molecule has 15 heavy (non-hydrogen) atoms. The third-order valence-corrected chi connectivity index (χ3v) is 2.27. The zero-order chi connectivity index (χ0) is 11.0. The molecule has 2 rings (SSSR count). The standard InChI is InChI=1S/C9H14N6/c1-6(2)15-8(9(10)12-13-15)7-4-5-11-14(7)3/h4-6H,10H2,1-3H3. The fraction of sp³-hybridized carbons (Fsp3) is 0.444. The molecule has 0 aliphatic carbocycles. The molecule has 0 aliphatic heterocycles. The van der Waals surface area contributed by atoms with Crippen LogP contribution < -0.4 is 5.73 Å². The van der Waals surface area contributed by atoms with Gasteiger partial charge >= 0.3 is 0 Å². The van der Waals surface area contributed by atoms with Crippen LogP contribution >= 0.6 is 0 Å². The predicted octanol–water partition coefficient (Wildman–Crippen LogP) is 0.842. The van der Waals surface area contributed by atoms with Gasteiger partial charge in [0.05, 0.1) is 5.69 Å². The maximum absolute atomic E-state index is 5.80. The van der Waals surface area contributed by atoms with Crippen LogP contribution in [0.2, 0.25) is 0 Å². The van der Waals surface area contributed by atoms with Gasteiger partial charge in [-0.05, 0) is 19.9 Å². The molecule has 0 spiro atoms. The Balaban J connectivity index is 2.61. The van der Waals surface area contributed by atoms with E-state index in [1.807, 2.05) is 27.0 Å². The van der Waals surface area contributed by atoms with Gasteiger partial charge in [0, 0.05) is 19.3 Å². The molecule has 0 radical (unpaired) electrons. The molecular formula is C9H14N6. The van der Waals surface area contributed by atoms with Crippen LogP contribution in [0.5, 0.6) is 0 Å². The molecule has 0 fully saturated rings. The highest BCUT2D eigenvalue weighted by Gasteiger charge is 2.16. The first kappa shape index (κ1) is 9.70. The number of nitrogens with two attached hydrogens (primary N) is 1. The van der Waals surface area contributed by atoms with E-state index >= 15 is 0 Å². The van der Waals surface area contributed by atoms with Gasteiger partial charge in [0.1, 0.15) is 5.69 Å². The summed E-state index contributed by atoms with van der Waals surface area (Å²) in [6.07, 6.45) is 1.73. The highest BCUT2D eigenvalue weighted by molar-refractivity contribution is 5.66. The fourth-order valence-corrected chi connectivity index (χ4v) is 1.52. The Bertz CT molecular complexity index is 467. The zero-order valence-electron chi connectivity index (χ0n) is 9.05. The number of aryl methyl sites for hydroxylation is 1. The first-order valence-corrected chi connectivity index (χ1v) is 4.80. The van der Waals surface area contributed by atoms with Crippen molar-refractivity contribution in [1.29, 1.82) is 0 Å². The molecule has 2 heterocycles. The van der Waals surface area contributed by atoms with Crippen molar-refractivity contribution in [3.05, 3.63) is 12.3 Å². The fourth-order valence-electron chi connectivity index (χ4n) is 1.52. The summed E-state index contributed by atoms with van der Waals surface area (Å²) < 4.78 is 3.56. The average Bonchev–Trinajstić information content (AvgIpc) is 2.71. The number of aromatic nitrogens is 5. The minimum absolute atomic E-state index is 0.222. The Morgan fingerprint density at radius 3 is 2.67 bits per heavy atom. The lowest BCUT2D eigenvalue weighted by molar-refractivity contribution is 0.517. The van der Waals surface area contributed by atoms with Gasteiger partial charge in [0.25, 0.3) is 0 Å². The number of anilines is 1. The van der Waals surface area contributed by atoms with Gasteiger partial charge in [-0.15, -0.1) is 5.10 Å². The highest BCUT2D eigenvalue weighted by Crippen LogP contribution is 2.25. The summed E-state index contributed by atoms with van der Waals surface area (Å²) in [7, 11) is 1.87. The molecule has 0 aliphatic rings. The predicted molar refractivity (Wildman–Crippen MR) is 57.0 cm³/mol. The molecular weight excluding hydrogens is 192 g/mol. The van der Waals surface area contributed by atoms with Crippen LogP contribution in [0.3, 0.4) is 0 Å². The second-order valence-electron chi connectivity index (χ2n) is 3.70. The molecule has 2 aromatic heterocycles. The van der Waals surface area contributed by atoms with Crippen LogP contribution in [0.25, 0.3) is 11.4 Å². The van der Waals surface area contributed by atoms with Crippen molar-refractivity contribution >= 4 is 5.82 Å². The Hall–Kier alpha value is -1.85. The molecule has 0 saturated heterocycles. The summed E-state index contributed by atoms with van der Waals surface area (Å²) in [5, 5.41) is 12.0. The lowest BCUT2D eigenvalue weighted by Gasteiger charge is -2.09. The number of nitrogens with zero attached hydrogens (tertiary/aromatic N) is 5. The maximum atomic E-state index is 5.80. The average molecular weight is 206 g/mol. The van der Waals surface area contributed by atoms with Crippen molar-refractivity contribution in [2.75, 3.05) is 5.73 Å². The van der Waals surface area contributed by atoms with Gasteiger partial charge in [-0.25, -0.2) is 4.68 Å². The largest absolute Gasteiger partial charge is 0.380 e. The molecule has 0 amide bonds. The van der Waals surface area contributed by atoms with Crippen molar-refractivity contribution in [3.63, 3.8) is 0 Å². The van der Waals surface area contributed by atoms with Gasteiger partial charge in [0.15, 0.2) is 5.82 Å². The monoisotopic (exact) mass is 206 g/mol. The summed E-state index contributed by atoms with van der Waals surface area (Å²) in [6.45, 7) is 4.07. The molecule has 6 heteroatoms. The van der Waals surface area contributed by atoms with Gasteiger partial charge in [-0.2, -0.15) is 5.10 Å². The van der Waals surface area contributed by atoms with E-state index in [2.05, 4.69) is 15.4 Å². The number of rotatable bonds is 2. The van der Waals surface area contributed by atoms with Crippen LogP contribution in [-0.2, 0) is 7.05 Å². The summed E-state index contributed by atoms with van der Waals surface area (Å²) in [5.41, 5.74) is 7.55. The van der Waals surface area contributed by atoms with E-state index < -0.39 is 0 Å². The van der Waals surface area contributed by atoms with Gasteiger partial charge in [-0.1, -0.05) is 5.21 Å². The Labute approximate surface area is 87.7 Å². The Kier molecular flexibility index (Phi) is 2.18. The number of nitrogen functional groups attached to an aromatic ring is 1. The summed E-state index contributed by atoms with van der Waals surface area (Å²) in [6, 6.07) is 2.12. The minimum Gasteiger partial charge on any atom is -0.380 e. The SMILES string of the molecule is CC(C)n1nnc(N)c1-c1ccnn1C. The molecule has 0 aromatic carbocycles. The van der Waals surface area contributed by atoms with Crippen LogP contribution in [0.4, 0.5) is 5.82 Å². The molecule has 80 valence electrons. The second kappa shape index (κ2) is 3.38. The quantitative estimate of drug-likeness (QED) is 0.790. The Morgan fingerprint density at radius 2 is 2.13 bits per heavy atom. The Morgan fingerprint density at radius 1 is 1.40 bits per heavy atom. The van der Waals surface area contributed by atoms with Crippen molar-refractivity contribution in [3.8, 4) is 11.4 Å². The second-order valence-corrected chi connectivity index (χ2v) is 3.70. The van der Waals surface area contributed by atoms with Crippen LogP contribution in [-0.4, -0.2) is 24.8 Å². The maximum Gasteiger partial charge on any atom is 0.175 e. The number of hydrogen-bond acceptors (Lipinski definition) is 4. The van der Waals surface area contributed by atoms with E-state index in [1.165, 1.54) is 0 Å². The zero-order valence-corrected chi connectivity index (χ0v) is 9.05. The van der Waals surface area contributed by atoms with E-state index in [0.717, 1.165) is 11.4 Å². The molecule has 6 nitrogen and oxygen atoms in total. The van der Waals surface area contributed by atoms with Crippen molar-refractivity contribution in [2.45, 2.75) is 19.9 Å². The van der Waals surface area contributed by atoms with Crippen LogP contribution in [0.1, 0.15) is 19.9 Å². The van der Waals surface area contributed by atoms with Gasteiger partial charge < -0.3 is 5.73 Å². The summed E-state index contributed by atoms with van der Waals surface area (Å²) in [5.74, 6) is 0.437. The van der Waals surface area contributed by atoms with Crippen LogP contribution in [0, 0.1) is 0 Å². The van der Waals surface area contributed by atoms with Crippen LogP contribution in [0.15, 0.2) is 12.3 Å². The van der Waals surface area contributed by atoms with E-state index in [9.17, 15) is 0 Å². The van der Waals surface area contributed by atoms with Gasteiger partial charge in [0.2, 0.25) is 0 Å². The van der Waals surface area contributed by atoms with E-state index in [0.29, 0.717) is 5.82 Å². The summed E-state index contributed by atoms with van der Waals surface area (Å²) in [4.78, 5) is 0. The molecule has 0 atom stereocenters. The topological polar surface area (TPSA) is 74.6 Å². The molecule has 0 saturated carbocycles. The van der Waals surface area contributed by atoms with Crippen molar-refractivity contribution < 1.29 is 0 Å². The van der Waals surface area contributed by atoms with Crippen molar-refractivity contribution in [1.82, 2.24) is 24.8 Å². The molecule has 2 aromatic rings. The number of hydrogen-bond donors (Lipinski definition) is 1. The molecule has 0 bridgehead atoms. The minimum atomic E-state index is 0.222. The van der Waals surface area contributed by atoms with E-state index in [1.54, 1.807) is 15.6 Å². The lowest BCUT2D eigenvalue weighted by atomic mass is 10.3. The third-order valence-electron chi connectivity index (χ3n) is 2.27. The first-order chi connectivity index (χ1) is 7.11. The van der Waals surface area contributed by atoms with Crippen molar-refractivity contribution in [2.24, 2.45) is 7.05 Å². The summed E-state index contributed by atoms with van der Waals surface area (Å²) >= 11 is 0. The normalized spacial score (nSPS) is 11.2. The molecule has 0 unspecified atom stereocenters. The smallest absolute Gasteiger partial charge is 0.175 e. The van der Waals surface area contributed by atoms with E-state index in [-0.39, 0.29) is 6.04 Å². The first-order valence-electron chi connectivity index (χ1n) is 4.80. The van der Waals surface area contributed by atoms with Gasteiger partial charge in [-0.3, -0.25) is 4.68 Å². The lowest BCUT2D eigenvalue weighted by Crippen LogP contribution is -2.07. The molecule has 2 N–H and O–H groups in total. The third kappa shape index (κ3) is 1.47. The van der Waals surface area contributed by atoms with E-state index in [4.69, 9.17) is 5.73 Å².